The highest BCUT2D eigenvalue weighted by atomic mass is 79.9. The normalized spacial score (nSPS) is 22.8. The van der Waals surface area contributed by atoms with Gasteiger partial charge in [-0.1, -0.05) is 15.9 Å². The van der Waals surface area contributed by atoms with E-state index in [0.717, 1.165) is 17.3 Å². The van der Waals surface area contributed by atoms with Gasteiger partial charge < -0.3 is 4.74 Å². The number of halogens is 1. The van der Waals surface area contributed by atoms with Crippen LogP contribution in [-0.2, 0) is 9.84 Å². The maximum Gasteiger partial charge on any atom is 0.163 e. The number of ketones is 1. The first-order valence-corrected chi connectivity index (χ1v) is 9.68. The van der Waals surface area contributed by atoms with Crippen molar-refractivity contribution < 1.29 is 17.9 Å². The molecule has 0 spiro atoms. The van der Waals surface area contributed by atoms with Gasteiger partial charge in [-0.05, 0) is 44.4 Å². The molecule has 0 heterocycles. The van der Waals surface area contributed by atoms with E-state index in [2.05, 4.69) is 15.9 Å². The lowest BCUT2D eigenvalue weighted by molar-refractivity contribution is 0.100. The summed E-state index contributed by atoms with van der Waals surface area (Å²) in [6, 6.07) is 5.30. The second kappa shape index (κ2) is 6.48. The Hall–Kier alpha value is -0.880. The van der Waals surface area contributed by atoms with E-state index in [1.807, 2.05) is 6.07 Å². The third kappa shape index (κ3) is 4.30. The van der Waals surface area contributed by atoms with Crippen molar-refractivity contribution in [2.45, 2.75) is 44.0 Å². The molecular weight excluding hydrogens is 356 g/mol. The number of benzene rings is 1. The lowest BCUT2D eigenvalue weighted by atomic mass is 9.97. The van der Waals surface area contributed by atoms with E-state index in [1.54, 1.807) is 12.1 Å². The molecule has 6 heteroatoms. The largest absolute Gasteiger partial charge is 0.490 e. The molecule has 0 aromatic heterocycles. The molecule has 0 saturated heterocycles. The lowest BCUT2D eigenvalue weighted by Gasteiger charge is -2.29. The molecule has 1 aliphatic carbocycles. The fourth-order valence-corrected chi connectivity index (χ4v) is 4.18. The molecule has 2 rings (SSSR count). The first-order chi connectivity index (χ1) is 9.77. The van der Waals surface area contributed by atoms with Crippen LogP contribution in [-0.4, -0.2) is 31.8 Å². The number of carbonyl (C=O) groups excluding carboxylic acids is 1. The van der Waals surface area contributed by atoms with Gasteiger partial charge in [-0.15, -0.1) is 0 Å². The average Bonchev–Trinajstić information content (AvgIpc) is 2.40. The highest BCUT2D eigenvalue weighted by Crippen LogP contribution is 2.30. The van der Waals surface area contributed by atoms with Crippen molar-refractivity contribution in [3.63, 3.8) is 0 Å². The second-order valence-corrected chi connectivity index (χ2v) is 8.80. The molecule has 1 fully saturated rings. The Bertz CT molecular complexity index is 639. The Morgan fingerprint density at radius 2 is 2.05 bits per heavy atom. The molecule has 0 N–H and O–H groups in total. The zero-order chi connectivity index (χ0) is 15.6. The van der Waals surface area contributed by atoms with Gasteiger partial charge >= 0.3 is 0 Å². The zero-order valence-electron chi connectivity index (χ0n) is 12.1. The molecule has 21 heavy (non-hydrogen) atoms. The van der Waals surface area contributed by atoms with Crippen LogP contribution in [0.5, 0.6) is 5.75 Å². The van der Waals surface area contributed by atoms with Crippen molar-refractivity contribution in [1.29, 1.82) is 0 Å². The number of Topliss-reactive ketones (excluding diaryl/α,β-unsaturated/α-hetero) is 1. The Morgan fingerprint density at radius 3 is 2.67 bits per heavy atom. The summed E-state index contributed by atoms with van der Waals surface area (Å²) in [4.78, 5) is 11.7. The molecule has 0 bridgehead atoms. The van der Waals surface area contributed by atoms with Crippen LogP contribution in [0, 0.1) is 0 Å². The first kappa shape index (κ1) is 16.5. The van der Waals surface area contributed by atoms with Crippen molar-refractivity contribution in [2.75, 3.05) is 6.26 Å². The van der Waals surface area contributed by atoms with Crippen LogP contribution >= 0.6 is 15.9 Å². The zero-order valence-corrected chi connectivity index (χ0v) is 14.5. The number of hydrogen-bond donors (Lipinski definition) is 0. The van der Waals surface area contributed by atoms with E-state index in [4.69, 9.17) is 4.74 Å². The molecule has 1 aliphatic rings. The number of hydrogen-bond acceptors (Lipinski definition) is 4. The van der Waals surface area contributed by atoms with Gasteiger partial charge in [-0.3, -0.25) is 4.79 Å². The highest BCUT2D eigenvalue weighted by molar-refractivity contribution is 9.10. The minimum atomic E-state index is -3.04. The molecule has 0 aliphatic heterocycles. The third-order valence-corrected chi connectivity index (χ3v) is 5.93. The van der Waals surface area contributed by atoms with E-state index in [9.17, 15) is 13.2 Å². The Labute approximate surface area is 133 Å². The van der Waals surface area contributed by atoms with Gasteiger partial charge in [0.05, 0.1) is 16.9 Å². The van der Waals surface area contributed by atoms with Gasteiger partial charge in [0.1, 0.15) is 15.6 Å². The van der Waals surface area contributed by atoms with E-state index >= 15 is 0 Å². The van der Waals surface area contributed by atoms with Crippen molar-refractivity contribution in [3.8, 4) is 5.75 Å². The van der Waals surface area contributed by atoms with E-state index in [0.29, 0.717) is 24.2 Å². The third-order valence-electron chi connectivity index (χ3n) is 3.80. The topological polar surface area (TPSA) is 60.4 Å². The fourth-order valence-electron chi connectivity index (χ4n) is 2.66. The minimum Gasteiger partial charge on any atom is -0.490 e. The van der Waals surface area contributed by atoms with Gasteiger partial charge in [0.25, 0.3) is 0 Å². The summed E-state index contributed by atoms with van der Waals surface area (Å²) >= 11 is 3.34. The van der Waals surface area contributed by atoms with Crippen molar-refractivity contribution in [1.82, 2.24) is 0 Å². The van der Waals surface area contributed by atoms with Crippen molar-refractivity contribution >= 4 is 31.6 Å². The molecule has 1 aromatic carbocycles. The lowest BCUT2D eigenvalue weighted by Crippen LogP contribution is -2.33. The standard InChI is InChI=1S/C15H19BrO4S/c1-10(17)14-8-11(16)6-7-15(14)20-12-4-3-5-13(9-12)21(2,18)19/h6-8,12-13H,3-5,9H2,1-2H3. The van der Waals surface area contributed by atoms with Crippen LogP contribution in [0.2, 0.25) is 0 Å². The SMILES string of the molecule is CC(=O)c1cc(Br)ccc1OC1CCCC(S(C)(=O)=O)C1. The van der Waals surface area contributed by atoms with Crippen LogP contribution in [0.4, 0.5) is 0 Å². The maximum absolute atomic E-state index is 11.7. The fraction of sp³-hybridized carbons (Fsp3) is 0.533. The van der Waals surface area contributed by atoms with Gasteiger partial charge in [-0.2, -0.15) is 0 Å². The maximum atomic E-state index is 11.7. The average molecular weight is 375 g/mol. The number of sulfone groups is 1. The van der Waals surface area contributed by atoms with E-state index in [-0.39, 0.29) is 17.1 Å². The highest BCUT2D eigenvalue weighted by Gasteiger charge is 2.30. The molecule has 116 valence electrons. The summed E-state index contributed by atoms with van der Waals surface area (Å²) in [6.45, 7) is 1.49. The monoisotopic (exact) mass is 374 g/mol. The van der Waals surface area contributed by atoms with Crippen molar-refractivity contribution in [2.24, 2.45) is 0 Å². The molecule has 0 amide bonds. The smallest absolute Gasteiger partial charge is 0.163 e. The van der Waals surface area contributed by atoms with Crippen LogP contribution < -0.4 is 4.74 Å². The quantitative estimate of drug-likeness (QED) is 0.757. The molecule has 1 aromatic rings. The van der Waals surface area contributed by atoms with Crippen LogP contribution in [0.1, 0.15) is 43.0 Å². The Morgan fingerprint density at radius 1 is 1.33 bits per heavy atom. The number of ether oxygens (including phenoxy) is 1. The summed E-state index contributed by atoms with van der Waals surface area (Å²) in [7, 11) is -3.04. The predicted octanol–water partition coefficient (Wildman–Crippen LogP) is 3.39. The van der Waals surface area contributed by atoms with Gasteiger partial charge in [0.2, 0.25) is 0 Å². The van der Waals surface area contributed by atoms with E-state index < -0.39 is 9.84 Å². The van der Waals surface area contributed by atoms with Crippen LogP contribution in [0.15, 0.2) is 22.7 Å². The molecule has 2 unspecified atom stereocenters. The Kier molecular flexibility index (Phi) is 5.09. The van der Waals surface area contributed by atoms with Gasteiger partial charge in [-0.25, -0.2) is 8.42 Å². The van der Waals surface area contributed by atoms with E-state index in [1.165, 1.54) is 13.2 Å². The summed E-state index contributed by atoms with van der Waals surface area (Å²) in [6.07, 6.45) is 3.96. The minimum absolute atomic E-state index is 0.0678. The summed E-state index contributed by atoms with van der Waals surface area (Å²) in [5, 5.41) is -0.340. The first-order valence-electron chi connectivity index (χ1n) is 6.93. The molecular formula is C15H19BrO4S. The summed E-state index contributed by atoms with van der Waals surface area (Å²) < 4.78 is 30.1. The second-order valence-electron chi connectivity index (χ2n) is 5.55. The Balaban J connectivity index is 2.17. The van der Waals surface area contributed by atoms with Crippen molar-refractivity contribution in [3.05, 3.63) is 28.2 Å². The molecule has 1 saturated carbocycles. The van der Waals surface area contributed by atoms with Crippen LogP contribution in [0.3, 0.4) is 0 Å². The summed E-state index contributed by atoms with van der Waals surface area (Å²) in [5.41, 5.74) is 0.519. The number of carbonyl (C=O) groups is 1. The molecule has 4 nitrogen and oxygen atoms in total. The molecule has 2 atom stereocenters. The molecule has 0 radical (unpaired) electrons. The number of rotatable bonds is 4. The van der Waals surface area contributed by atoms with Gasteiger partial charge in [0.15, 0.2) is 5.78 Å². The summed E-state index contributed by atoms with van der Waals surface area (Å²) in [5.74, 6) is 0.464. The van der Waals surface area contributed by atoms with Gasteiger partial charge in [0, 0.05) is 17.1 Å². The predicted molar refractivity (Wildman–Crippen MR) is 85.7 cm³/mol. The van der Waals surface area contributed by atoms with Crippen LogP contribution in [0.25, 0.3) is 0 Å².